The lowest BCUT2D eigenvalue weighted by molar-refractivity contribution is -0.0785. The summed E-state index contributed by atoms with van der Waals surface area (Å²) in [7, 11) is 0. The van der Waals surface area contributed by atoms with Crippen molar-refractivity contribution in [3.63, 3.8) is 0 Å². The maximum atomic E-state index is 12.7. The average molecular weight is 161 g/mol. The fraction of sp³-hybridized carbons (Fsp3) is 1.00. The number of alkyl halides is 2. The van der Waals surface area contributed by atoms with E-state index in [1.165, 1.54) is 0 Å². The normalized spacial score (nSPS) is 33.3. The highest BCUT2D eigenvalue weighted by Crippen LogP contribution is 2.45. The van der Waals surface area contributed by atoms with Crippen molar-refractivity contribution in [1.82, 2.24) is 5.32 Å². The third kappa shape index (κ3) is 1.26. The number of nitrogens with one attached hydrogen (secondary N) is 1. The maximum absolute atomic E-state index is 12.7. The van der Waals surface area contributed by atoms with Crippen molar-refractivity contribution in [3.05, 3.63) is 0 Å². The predicted octanol–water partition coefficient (Wildman–Crippen LogP) is 1.79. The molecule has 2 rings (SSSR count). The van der Waals surface area contributed by atoms with E-state index in [4.69, 9.17) is 0 Å². The minimum atomic E-state index is -2.36. The smallest absolute Gasteiger partial charge is 0.248 e. The van der Waals surface area contributed by atoms with Gasteiger partial charge in [-0.05, 0) is 18.3 Å². The first-order chi connectivity index (χ1) is 5.12. The Balaban J connectivity index is 1.94. The molecule has 1 heterocycles. The van der Waals surface area contributed by atoms with Gasteiger partial charge < -0.3 is 5.32 Å². The van der Waals surface area contributed by atoms with Gasteiger partial charge in [0, 0.05) is 25.9 Å². The Bertz CT molecular complexity index is 151. The van der Waals surface area contributed by atoms with Gasteiger partial charge in [0.25, 0.3) is 0 Å². The van der Waals surface area contributed by atoms with Crippen LogP contribution in [0.1, 0.15) is 25.7 Å². The highest BCUT2D eigenvalue weighted by atomic mass is 19.3. The van der Waals surface area contributed by atoms with E-state index in [0.29, 0.717) is 12.8 Å². The quantitative estimate of drug-likeness (QED) is 0.571. The molecule has 64 valence electrons. The van der Waals surface area contributed by atoms with Gasteiger partial charge in [0.2, 0.25) is 5.92 Å². The highest BCUT2D eigenvalue weighted by Gasteiger charge is 2.46. The topological polar surface area (TPSA) is 12.0 Å². The number of hydrogen-bond acceptors (Lipinski definition) is 1. The van der Waals surface area contributed by atoms with E-state index in [-0.39, 0.29) is 18.3 Å². The first-order valence-corrected chi connectivity index (χ1v) is 4.21. The third-order valence-electron chi connectivity index (χ3n) is 3.04. The fourth-order valence-corrected chi connectivity index (χ4v) is 1.98. The highest BCUT2D eigenvalue weighted by molar-refractivity contribution is 4.97. The number of rotatable bonds is 0. The van der Waals surface area contributed by atoms with Crippen molar-refractivity contribution in [1.29, 1.82) is 0 Å². The second-order valence-electron chi connectivity index (χ2n) is 3.96. The molecule has 0 radical (unpaired) electrons. The van der Waals surface area contributed by atoms with Crippen molar-refractivity contribution in [3.8, 4) is 0 Å². The second kappa shape index (κ2) is 2.16. The zero-order valence-corrected chi connectivity index (χ0v) is 6.50. The molecular formula is C8H13F2N. The Morgan fingerprint density at radius 1 is 0.909 bits per heavy atom. The average Bonchev–Trinajstić information content (AvgIpc) is 1.84. The minimum absolute atomic E-state index is 0.106. The van der Waals surface area contributed by atoms with Gasteiger partial charge in [0.05, 0.1) is 0 Å². The van der Waals surface area contributed by atoms with Crippen LogP contribution >= 0.6 is 0 Å². The summed E-state index contributed by atoms with van der Waals surface area (Å²) >= 11 is 0. The lowest BCUT2D eigenvalue weighted by Gasteiger charge is -2.47. The van der Waals surface area contributed by atoms with Crippen molar-refractivity contribution < 1.29 is 8.78 Å². The van der Waals surface area contributed by atoms with Gasteiger partial charge in [-0.2, -0.15) is 0 Å². The number of hydrogen-bond donors (Lipinski definition) is 1. The molecule has 0 unspecified atom stereocenters. The van der Waals surface area contributed by atoms with Crippen molar-refractivity contribution >= 4 is 0 Å². The Labute approximate surface area is 65.2 Å². The van der Waals surface area contributed by atoms with Crippen LogP contribution in [0.25, 0.3) is 0 Å². The minimum Gasteiger partial charge on any atom is -0.316 e. The maximum Gasteiger partial charge on any atom is 0.248 e. The molecule has 2 fully saturated rings. The summed E-state index contributed by atoms with van der Waals surface area (Å²) in [6.07, 6.45) is 1.64. The third-order valence-corrected chi connectivity index (χ3v) is 3.04. The van der Waals surface area contributed by atoms with E-state index in [1.807, 2.05) is 0 Å². The summed E-state index contributed by atoms with van der Waals surface area (Å²) in [6, 6.07) is 0. The molecule has 0 aromatic heterocycles. The molecule has 1 aliphatic carbocycles. The van der Waals surface area contributed by atoms with Crippen LogP contribution < -0.4 is 5.32 Å². The van der Waals surface area contributed by atoms with Crippen LogP contribution in [0.5, 0.6) is 0 Å². The Morgan fingerprint density at radius 3 is 1.82 bits per heavy atom. The van der Waals surface area contributed by atoms with E-state index in [2.05, 4.69) is 5.32 Å². The first-order valence-electron chi connectivity index (χ1n) is 4.21. The van der Waals surface area contributed by atoms with Crippen LogP contribution in [0.4, 0.5) is 8.78 Å². The molecule has 11 heavy (non-hydrogen) atoms. The van der Waals surface area contributed by atoms with Crippen molar-refractivity contribution in [2.24, 2.45) is 5.41 Å². The van der Waals surface area contributed by atoms with E-state index in [9.17, 15) is 8.78 Å². The van der Waals surface area contributed by atoms with Gasteiger partial charge in [-0.15, -0.1) is 0 Å². The van der Waals surface area contributed by atoms with Gasteiger partial charge in [-0.1, -0.05) is 0 Å². The monoisotopic (exact) mass is 161 g/mol. The van der Waals surface area contributed by atoms with Gasteiger partial charge >= 0.3 is 0 Å². The second-order valence-corrected chi connectivity index (χ2v) is 3.96. The Kier molecular flexibility index (Phi) is 1.46. The molecule has 1 saturated heterocycles. The molecule has 1 saturated carbocycles. The molecular weight excluding hydrogens is 148 g/mol. The molecule has 1 spiro atoms. The van der Waals surface area contributed by atoms with E-state index in [1.54, 1.807) is 0 Å². The molecule has 0 aromatic rings. The summed E-state index contributed by atoms with van der Waals surface area (Å²) in [4.78, 5) is 0. The zero-order chi connectivity index (χ0) is 7.95. The van der Waals surface area contributed by atoms with Crippen LogP contribution in [0.15, 0.2) is 0 Å². The fourth-order valence-electron chi connectivity index (χ4n) is 1.98. The van der Waals surface area contributed by atoms with Gasteiger partial charge in [0.15, 0.2) is 0 Å². The van der Waals surface area contributed by atoms with E-state index < -0.39 is 5.92 Å². The standard InChI is InChI=1S/C8H13F2N/c9-8(10)3-1-7(2-4-8)5-11-6-7/h11H,1-6H2. The van der Waals surface area contributed by atoms with Crippen LogP contribution in [-0.2, 0) is 0 Å². The summed E-state index contributed by atoms with van der Waals surface area (Å²) in [5.74, 6) is -2.36. The van der Waals surface area contributed by atoms with Crippen LogP contribution in [-0.4, -0.2) is 19.0 Å². The SMILES string of the molecule is FC1(F)CCC2(CC1)CNC2. The molecule has 2 aliphatic rings. The largest absolute Gasteiger partial charge is 0.316 e. The number of halogens is 2. The van der Waals surface area contributed by atoms with Gasteiger partial charge in [-0.3, -0.25) is 0 Å². The first kappa shape index (κ1) is 7.47. The van der Waals surface area contributed by atoms with Crippen LogP contribution in [0.3, 0.4) is 0 Å². The van der Waals surface area contributed by atoms with E-state index in [0.717, 1.165) is 13.1 Å². The summed E-state index contributed by atoms with van der Waals surface area (Å²) in [5, 5.41) is 3.15. The lowest BCUT2D eigenvalue weighted by atomic mass is 9.69. The van der Waals surface area contributed by atoms with Gasteiger partial charge in [0.1, 0.15) is 0 Å². The molecule has 0 bridgehead atoms. The Hall–Kier alpha value is -0.180. The van der Waals surface area contributed by atoms with Crippen LogP contribution in [0.2, 0.25) is 0 Å². The summed E-state index contributed by atoms with van der Waals surface area (Å²) in [5.41, 5.74) is 0.266. The molecule has 1 nitrogen and oxygen atoms in total. The molecule has 0 atom stereocenters. The Morgan fingerprint density at radius 2 is 1.45 bits per heavy atom. The zero-order valence-electron chi connectivity index (χ0n) is 6.50. The predicted molar refractivity (Wildman–Crippen MR) is 38.7 cm³/mol. The van der Waals surface area contributed by atoms with Crippen molar-refractivity contribution in [2.45, 2.75) is 31.6 Å². The summed E-state index contributed by atoms with van der Waals surface area (Å²) < 4.78 is 25.4. The molecule has 0 amide bonds. The van der Waals surface area contributed by atoms with E-state index >= 15 is 0 Å². The van der Waals surface area contributed by atoms with Crippen molar-refractivity contribution in [2.75, 3.05) is 13.1 Å². The molecule has 1 aliphatic heterocycles. The molecule has 3 heteroatoms. The molecule has 0 aromatic carbocycles. The summed E-state index contributed by atoms with van der Waals surface area (Å²) in [6.45, 7) is 1.92. The van der Waals surface area contributed by atoms with Crippen LogP contribution in [0, 0.1) is 5.41 Å². The van der Waals surface area contributed by atoms with Gasteiger partial charge in [-0.25, -0.2) is 8.78 Å². The lowest BCUT2D eigenvalue weighted by Crippen LogP contribution is -2.55. The molecule has 1 N–H and O–H groups in total.